The van der Waals surface area contributed by atoms with Crippen molar-refractivity contribution in [1.29, 1.82) is 0 Å². The smallest absolute Gasteiger partial charge is 0.323 e. The highest BCUT2D eigenvalue weighted by atomic mass is 16.4. The van der Waals surface area contributed by atoms with E-state index in [1.54, 1.807) is 11.9 Å². The summed E-state index contributed by atoms with van der Waals surface area (Å²) in [5.41, 5.74) is 0. The largest absolute Gasteiger partial charge is 0.480 e. The molecule has 58 valence electrons. The van der Waals surface area contributed by atoms with Crippen molar-refractivity contribution in [3.05, 3.63) is 0 Å². The maximum atomic E-state index is 10.4. The molecule has 0 unspecified atom stereocenters. The minimum Gasteiger partial charge on any atom is -0.480 e. The van der Waals surface area contributed by atoms with Crippen LogP contribution in [0.2, 0.25) is 0 Å². The Bertz CT molecular complexity index is 138. The minimum atomic E-state index is -0.937. The van der Waals surface area contributed by atoms with Crippen LogP contribution in [-0.2, 0) is 4.79 Å². The maximum absolute atomic E-state index is 10.4. The fourth-order valence-corrected chi connectivity index (χ4v) is 1.28. The predicted molar refractivity (Wildman–Crippen MR) is 34.7 cm³/mol. The van der Waals surface area contributed by atoms with Crippen molar-refractivity contribution in [2.75, 3.05) is 13.6 Å². The number of aliphatic carboxylic acids is 1. The number of carboxylic acids is 1. The zero-order valence-electron chi connectivity index (χ0n) is 5.82. The van der Waals surface area contributed by atoms with Gasteiger partial charge in [-0.1, -0.05) is 0 Å². The van der Waals surface area contributed by atoms with Crippen molar-refractivity contribution in [1.82, 2.24) is 4.90 Å². The van der Waals surface area contributed by atoms with Crippen LogP contribution in [-0.4, -0.2) is 46.8 Å². The summed E-state index contributed by atoms with van der Waals surface area (Å²) >= 11 is 0. The van der Waals surface area contributed by atoms with Crippen molar-refractivity contribution >= 4 is 5.97 Å². The van der Waals surface area contributed by atoms with Crippen LogP contribution in [0.25, 0.3) is 0 Å². The zero-order chi connectivity index (χ0) is 7.72. The Hall–Kier alpha value is -0.610. The van der Waals surface area contributed by atoms with E-state index in [1.807, 2.05) is 0 Å². The first-order valence-electron chi connectivity index (χ1n) is 3.24. The van der Waals surface area contributed by atoms with E-state index in [0.717, 1.165) is 0 Å². The van der Waals surface area contributed by atoms with Crippen LogP contribution < -0.4 is 0 Å². The van der Waals surface area contributed by atoms with Crippen LogP contribution in [0, 0.1) is 0 Å². The highest BCUT2D eigenvalue weighted by Gasteiger charge is 2.35. The average Bonchev–Trinajstić information content (AvgIpc) is 2.11. The molecule has 4 heteroatoms. The Kier molecular flexibility index (Phi) is 1.92. The lowest BCUT2D eigenvalue weighted by atomic mass is 10.2. The van der Waals surface area contributed by atoms with Gasteiger partial charge in [-0.3, -0.25) is 9.69 Å². The molecule has 0 amide bonds. The van der Waals surface area contributed by atoms with E-state index >= 15 is 0 Å². The summed E-state index contributed by atoms with van der Waals surface area (Å²) in [5.74, 6) is -0.937. The van der Waals surface area contributed by atoms with E-state index in [2.05, 4.69) is 0 Å². The molecule has 2 N–H and O–H groups in total. The number of nitrogens with zero attached hydrogens (tertiary/aromatic N) is 1. The van der Waals surface area contributed by atoms with E-state index in [4.69, 9.17) is 10.2 Å². The third kappa shape index (κ3) is 1.12. The average molecular weight is 145 g/mol. The second-order valence-electron chi connectivity index (χ2n) is 2.62. The van der Waals surface area contributed by atoms with E-state index in [-0.39, 0.29) is 0 Å². The lowest BCUT2D eigenvalue weighted by molar-refractivity contribution is -0.144. The normalized spacial score (nSPS) is 34.6. The highest BCUT2D eigenvalue weighted by molar-refractivity contribution is 5.74. The van der Waals surface area contributed by atoms with E-state index < -0.39 is 18.1 Å². The molecular formula is C6H11NO3. The van der Waals surface area contributed by atoms with Gasteiger partial charge in [0.05, 0.1) is 6.10 Å². The number of carbonyl (C=O) groups is 1. The lowest BCUT2D eigenvalue weighted by Crippen LogP contribution is -2.39. The molecule has 0 spiro atoms. The summed E-state index contributed by atoms with van der Waals surface area (Å²) in [4.78, 5) is 12.1. The first kappa shape index (κ1) is 7.50. The number of hydrogen-bond acceptors (Lipinski definition) is 3. The highest BCUT2D eigenvalue weighted by Crippen LogP contribution is 2.15. The van der Waals surface area contributed by atoms with Gasteiger partial charge in [0, 0.05) is 6.54 Å². The van der Waals surface area contributed by atoms with Crippen LogP contribution >= 0.6 is 0 Å². The van der Waals surface area contributed by atoms with E-state index in [9.17, 15) is 4.79 Å². The number of carboxylic acid groups (broad SMARTS) is 1. The van der Waals surface area contributed by atoms with E-state index in [0.29, 0.717) is 13.0 Å². The summed E-state index contributed by atoms with van der Waals surface area (Å²) in [6.45, 7) is 0.665. The standard InChI is InChI=1S/C6H11NO3/c1-7-3-2-4(8)5(7)6(9)10/h4-5,8H,2-3H2,1H3,(H,9,10)/t4-,5-/m0/s1. The van der Waals surface area contributed by atoms with Gasteiger partial charge in [-0.2, -0.15) is 0 Å². The van der Waals surface area contributed by atoms with Gasteiger partial charge in [0.2, 0.25) is 0 Å². The number of aliphatic hydroxyl groups is 1. The first-order chi connectivity index (χ1) is 4.63. The van der Waals surface area contributed by atoms with Crippen LogP contribution in [0.3, 0.4) is 0 Å². The molecule has 4 nitrogen and oxygen atoms in total. The van der Waals surface area contributed by atoms with Crippen molar-refractivity contribution in [3.63, 3.8) is 0 Å². The quantitative estimate of drug-likeness (QED) is 0.504. The molecule has 0 bridgehead atoms. The van der Waals surface area contributed by atoms with Crippen LogP contribution in [0.5, 0.6) is 0 Å². The molecule has 0 aromatic heterocycles. The molecule has 0 saturated carbocycles. The first-order valence-corrected chi connectivity index (χ1v) is 3.24. The summed E-state index contributed by atoms with van der Waals surface area (Å²) in [7, 11) is 1.70. The van der Waals surface area contributed by atoms with Crippen molar-refractivity contribution in [3.8, 4) is 0 Å². The lowest BCUT2D eigenvalue weighted by Gasteiger charge is -2.16. The Balaban J connectivity index is 2.63. The topological polar surface area (TPSA) is 60.8 Å². The minimum absolute atomic E-state index is 0.563. The molecule has 0 aliphatic carbocycles. The summed E-state index contributed by atoms with van der Waals surface area (Å²) in [6, 6.07) is -0.694. The molecule has 1 saturated heterocycles. The Morgan fingerprint density at radius 2 is 2.30 bits per heavy atom. The number of aliphatic hydroxyl groups excluding tert-OH is 1. The van der Waals surface area contributed by atoms with Gasteiger partial charge in [-0.25, -0.2) is 0 Å². The fraction of sp³-hybridized carbons (Fsp3) is 0.833. The molecule has 2 atom stereocenters. The van der Waals surface area contributed by atoms with Gasteiger partial charge in [-0.05, 0) is 13.5 Å². The third-order valence-corrected chi connectivity index (χ3v) is 1.87. The number of likely N-dealkylation sites (tertiary alicyclic amines) is 1. The third-order valence-electron chi connectivity index (χ3n) is 1.87. The molecule has 1 fully saturated rings. The van der Waals surface area contributed by atoms with Crippen LogP contribution in [0.4, 0.5) is 0 Å². The summed E-state index contributed by atoms with van der Waals surface area (Å²) < 4.78 is 0. The number of rotatable bonds is 1. The molecule has 1 aliphatic heterocycles. The zero-order valence-corrected chi connectivity index (χ0v) is 5.82. The Labute approximate surface area is 59.1 Å². The van der Waals surface area contributed by atoms with Crippen molar-refractivity contribution in [2.24, 2.45) is 0 Å². The van der Waals surface area contributed by atoms with Gasteiger partial charge < -0.3 is 10.2 Å². The number of hydrogen-bond donors (Lipinski definition) is 2. The molecule has 10 heavy (non-hydrogen) atoms. The maximum Gasteiger partial charge on any atom is 0.323 e. The molecule has 1 aliphatic rings. The number of likely N-dealkylation sites (N-methyl/N-ethyl adjacent to an activating group) is 1. The van der Waals surface area contributed by atoms with Gasteiger partial charge in [0.15, 0.2) is 0 Å². The van der Waals surface area contributed by atoms with Gasteiger partial charge >= 0.3 is 5.97 Å². The van der Waals surface area contributed by atoms with E-state index in [1.165, 1.54) is 0 Å². The monoisotopic (exact) mass is 145 g/mol. The van der Waals surface area contributed by atoms with Gasteiger partial charge in [0.25, 0.3) is 0 Å². The van der Waals surface area contributed by atoms with Crippen LogP contribution in [0.15, 0.2) is 0 Å². The summed E-state index contributed by atoms with van der Waals surface area (Å²) in [6.07, 6.45) is -0.129. The van der Waals surface area contributed by atoms with Gasteiger partial charge in [0.1, 0.15) is 6.04 Å². The summed E-state index contributed by atoms with van der Waals surface area (Å²) in [5, 5.41) is 17.7. The second kappa shape index (κ2) is 2.56. The molecule has 0 aromatic rings. The molecule has 1 heterocycles. The predicted octanol–water partition coefficient (Wildman–Crippen LogP) is -0.864. The molecule has 1 rings (SSSR count). The van der Waals surface area contributed by atoms with Crippen molar-refractivity contribution in [2.45, 2.75) is 18.6 Å². The molecule has 0 aromatic carbocycles. The molecular weight excluding hydrogens is 134 g/mol. The fourth-order valence-electron chi connectivity index (χ4n) is 1.28. The Morgan fingerprint density at radius 3 is 2.50 bits per heavy atom. The Morgan fingerprint density at radius 1 is 1.70 bits per heavy atom. The van der Waals surface area contributed by atoms with Crippen LogP contribution in [0.1, 0.15) is 6.42 Å². The second-order valence-corrected chi connectivity index (χ2v) is 2.62. The SMILES string of the molecule is CN1CC[C@H](O)[C@H]1C(=O)O. The molecule has 0 radical (unpaired) electrons. The van der Waals surface area contributed by atoms with Gasteiger partial charge in [-0.15, -0.1) is 0 Å². The van der Waals surface area contributed by atoms with Crippen molar-refractivity contribution < 1.29 is 15.0 Å².